The van der Waals surface area contributed by atoms with Crippen molar-refractivity contribution in [3.8, 4) is 0 Å². The van der Waals surface area contributed by atoms with Crippen LogP contribution in [0.25, 0.3) is 0 Å². The predicted octanol–water partition coefficient (Wildman–Crippen LogP) is -0.691. The molecule has 0 aromatic carbocycles. The highest BCUT2D eigenvalue weighted by Gasteiger charge is 2.46. The molecule has 0 aromatic heterocycles. The largest absolute Gasteiger partial charge is 0.480 e. The minimum absolute atomic E-state index is 0.00731. The summed E-state index contributed by atoms with van der Waals surface area (Å²) in [6.45, 7) is 1.21. The van der Waals surface area contributed by atoms with Crippen LogP contribution in [0.2, 0.25) is 0 Å². The van der Waals surface area contributed by atoms with Crippen LogP contribution in [-0.4, -0.2) is 50.9 Å². The van der Waals surface area contributed by atoms with Crippen LogP contribution < -0.4 is 5.32 Å². The first-order chi connectivity index (χ1) is 9.32. The zero-order valence-corrected chi connectivity index (χ0v) is 10.8. The minimum Gasteiger partial charge on any atom is -0.480 e. The molecule has 2 aliphatic rings. The number of hydrogen-bond donors (Lipinski definition) is 3. The van der Waals surface area contributed by atoms with Crippen molar-refractivity contribution >= 4 is 23.8 Å². The van der Waals surface area contributed by atoms with Crippen molar-refractivity contribution in [2.24, 2.45) is 0 Å². The van der Waals surface area contributed by atoms with E-state index in [9.17, 15) is 24.3 Å². The van der Waals surface area contributed by atoms with Gasteiger partial charge < -0.3 is 15.5 Å². The Morgan fingerprint density at radius 2 is 1.95 bits per heavy atom. The molecule has 0 radical (unpaired) electrons. The molecule has 0 bridgehead atoms. The molecule has 8 nitrogen and oxygen atoms in total. The number of carbonyl (C=O) groups is 4. The monoisotopic (exact) mass is 282 g/mol. The number of aliphatic carboxylic acids is 2. The van der Waals surface area contributed by atoms with E-state index in [2.05, 4.69) is 5.32 Å². The van der Waals surface area contributed by atoms with Gasteiger partial charge in [-0.15, -0.1) is 0 Å². The number of nitrogens with zero attached hydrogens (tertiary/aromatic N) is 1. The number of carboxylic acids is 2. The third-order valence-corrected chi connectivity index (χ3v) is 3.47. The second-order valence-electron chi connectivity index (χ2n) is 4.79. The zero-order chi connectivity index (χ0) is 15.0. The fraction of sp³-hybridized carbons (Fsp3) is 0.500. The fourth-order valence-corrected chi connectivity index (χ4v) is 2.67. The van der Waals surface area contributed by atoms with Gasteiger partial charge in [-0.1, -0.05) is 0 Å². The summed E-state index contributed by atoms with van der Waals surface area (Å²) in [5.74, 6) is -3.41. The summed E-state index contributed by atoms with van der Waals surface area (Å²) in [7, 11) is 0. The van der Waals surface area contributed by atoms with E-state index in [-0.39, 0.29) is 30.5 Å². The van der Waals surface area contributed by atoms with Gasteiger partial charge in [-0.05, 0) is 12.8 Å². The molecule has 2 heterocycles. The SMILES string of the molecule is CC(=O)NC1CC(C(=O)O)=C2CCC(C(=O)O)N2C1=O. The van der Waals surface area contributed by atoms with E-state index in [1.807, 2.05) is 0 Å². The quantitative estimate of drug-likeness (QED) is 0.629. The van der Waals surface area contributed by atoms with Crippen LogP contribution >= 0.6 is 0 Å². The summed E-state index contributed by atoms with van der Waals surface area (Å²) < 4.78 is 0. The molecule has 108 valence electrons. The molecule has 0 aromatic rings. The molecule has 2 atom stereocenters. The Bertz CT molecular complexity index is 538. The lowest BCUT2D eigenvalue weighted by Crippen LogP contribution is -2.54. The number of carboxylic acid groups (broad SMARTS) is 2. The van der Waals surface area contributed by atoms with Crippen molar-refractivity contribution in [3.05, 3.63) is 11.3 Å². The van der Waals surface area contributed by atoms with E-state index >= 15 is 0 Å². The minimum atomic E-state index is -1.20. The second-order valence-corrected chi connectivity index (χ2v) is 4.79. The van der Waals surface area contributed by atoms with Crippen molar-refractivity contribution in [3.63, 3.8) is 0 Å². The number of nitrogens with one attached hydrogen (secondary N) is 1. The van der Waals surface area contributed by atoms with Crippen LogP contribution in [0.1, 0.15) is 26.2 Å². The predicted molar refractivity (Wildman–Crippen MR) is 64.4 cm³/mol. The molecule has 3 N–H and O–H groups in total. The topological polar surface area (TPSA) is 124 Å². The molecule has 0 aliphatic carbocycles. The van der Waals surface area contributed by atoms with Crippen molar-refractivity contribution in [1.29, 1.82) is 0 Å². The molecule has 2 unspecified atom stereocenters. The highest BCUT2D eigenvalue weighted by molar-refractivity contribution is 5.98. The van der Waals surface area contributed by atoms with Gasteiger partial charge in [0.05, 0.1) is 5.57 Å². The van der Waals surface area contributed by atoms with Crippen molar-refractivity contribution in [2.45, 2.75) is 38.3 Å². The molecule has 0 spiro atoms. The fourth-order valence-electron chi connectivity index (χ4n) is 2.67. The molecule has 0 saturated carbocycles. The van der Waals surface area contributed by atoms with Gasteiger partial charge in [-0.25, -0.2) is 9.59 Å². The number of fused-ring (bicyclic) bond motifs is 1. The Kier molecular flexibility index (Phi) is 3.47. The number of hydrogen-bond acceptors (Lipinski definition) is 4. The molecule has 1 fully saturated rings. The summed E-state index contributed by atoms with van der Waals surface area (Å²) in [4.78, 5) is 46.7. The van der Waals surface area contributed by atoms with Gasteiger partial charge in [0.15, 0.2) is 0 Å². The van der Waals surface area contributed by atoms with Crippen LogP contribution in [-0.2, 0) is 19.2 Å². The Morgan fingerprint density at radius 3 is 2.45 bits per heavy atom. The number of allylic oxidation sites excluding steroid dienone is 1. The first kappa shape index (κ1) is 14.0. The second kappa shape index (κ2) is 4.95. The van der Waals surface area contributed by atoms with E-state index in [1.54, 1.807) is 0 Å². The maximum atomic E-state index is 12.2. The average molecular weight is 282 g/mol. The van der Waals surface area contributed by atoms with E-state index in [4.69, 9.17) is 5.11 Å². The Morgan fingerprint density at radius 1 is 1.30 bits per heavy atom. The summed E-state index contributed by atoms with van der Waals surface area (Å²) in [6.07, 6.45) is 0.295. The van der Waals surface area contributed by atoms with Crippen LogP contribution in [0.4, 0.5) is 0 Å². The molecule has 2 amide bonds. The zero-order valence-electron chi connectivity index (χ0n) is 10.8. The van der Waals surface area contributed by atoms with Crippen LogP contribution in [0.5, 0.6) is 0 Å². The lowest BCUT2D eigenvalue weighted by Gasteiger charge is -2.33. The van der Waals surface area contributed by atoms with E-state index < -0.39 is 35.8 Å². The Hall–Kier alpha value is -2.38. The van der Waals surface area contributed by atoms with Crippen LogP contribution in [0, 0.1) is 0 Å². The Labute approximate surface area is 114 Å². The third-order valence-electron chi connectivity index (χ3n) is 3.47. The molecule has 20 heavy (non-hydrogen) atoms. The van der Waals surface area contributed by atoms with Crippen molar-refractivity contribution < 1.29 is 29.4 Å². The van der Waals surface area contributed by atoms with Gasteiger partial charge in [0.25, 0.3) is 0 Å². The molecular weight excluding hydrogens is 268 g/mol. The highest BCUT2D eigenvalue weighted by Crippen LogP contribution is 2.36. The van der Waals surface area contributed by atoms with Crippen molar-refractivity contribution in [2.75, 3.05) is 0 Å². The van der Waals surface area contributed by atoms with E-state index in [1.165, 1.54) is 6.92 Å². The number of amides is 2. The molecule has 2 rings (SSSR count). The average Bonchev–Trinajstić information content (AvgIpc) is 2.76. The number of rotatable bonds is 3. The highest BCUT2D eigenvalue weighted by atomic mass is 16.4. The van der Waals surface area contributed by atoms with Gasteiger partial charge in [0, 0.05) is 19.0 Å². The smallest absolute Gasteiger partial charge is 0.333 e. The molecule has 8 heteroatoms. The third kappa shape index (κ3) is 2.24. The maximum Gasteiger partial charge on any atom is 0.333 e. The maximum absolute atomic E-state index is 12.2. The van der Waals surface area contributed by atoms with Crippen molar-refractivity contribution in [1.82, 2.24) is 10.2 Å². The van der Waals surface area contributed by atoms with Gasteiger partial charge in [0.1, 0.15) is 12.1 Å². The van der Waals surface area contributed by atoms with Crippen LogP contribution in [0.3, 0.4) is 0 Å². The molecular formula is C12H14N2O6. The summed E-state index contributed by atoms with van der Waals surface area (Å²) in [5, 5.41) is 20.7. The summed E-state index contributed by atoms with van der Waals surface area (Å²) in [6, 6.07) is -2.09. The standard InChI is InChI=1S/C12H14N2O6/c1-5(15)13-7-4-6(11(17)18)8-2-3-9(12(19)20)14(8)10(7)16/h7,9H,2-4H2,1H3,(H,13,15)(H,17,18)(H,19,20). The van der Waals surface area contributed by atoms with Gasteiger partial charge in [0.2, 0.25) is 11.8 Å². The van der Waals surface area contributed by atoms with Crippen LogP contribution in [0.15, 0.2) is 11.3 Å². The molecule has 2 aliphatic heterocycles. The molecule has 1 saturated heterocycles. The Balaban J connectivity index is 2.43. The summed E-state index contributed by atoms with van der Waals surface area (Å²) in [5.41, 5.74) is 0.239. The first-order valence-electron chi connectivity index (χ1n) is 6.11. The summed E-state index contributed by atoms with van der Waals surface area (Å²) >= 11 is 0. The van der Waals surface area contributed by atoms with Gasteiger partial charge >= 0.3 is 11.9 Å². The van der Waals surface area contributed by atoms with E-state index in [0.29, 0.717) is 0 Å². The normalized spacial score (nSPS) is 25.4. The lowest BCUT2D eigenvalue weighted by atomic mass is 9.97. The van der Waals surface area contributed by atoms with Gasteiger partial charge in [-0.2, -0.15) is 0 Å². The van der Waals surface area contributed by atoms with E-state index in [0.717, 1.165) is 4.90 Å². The first-order valence-corrected chi connectivity index (χ1v) is 6.11. The van der Waals surface area contributed by atoms with Gasteiger partial charge in [-0.3, -0.25) is 14.5 Å². The lowest BCUT2D eigenvalue weighted by molar-refractivity contribution is -0.149. The number of carbonyl (C=O) groups excluding carboxylic acids is 2.